The molecule has 0 aliphatic rings. The molecule has 6 heteroatoms. The number of rotatable bonds is 5. The molecule has 2 aromatic carbocycles. The van der Waals surface area contributed by atoms with Gasteiger partial charge in [-0.05, 0) is 30.3 Å². The van der Waals surface area contributed by atoms with Gasteiger partial charge in [0.2, 0.25) is 0 Å². The number of esters is 1. The first-order chi connectivity index (χ1) is 11.2. The van der Waals surface area contributed by atoms with Crippen LogP contribution in [0.25, 0.3) is 0 Å². The molecule has 1 N–H and O–H groups in total. The Bertz CT molecular complexity index is 768. The van der Waals surface area contributed by atoms with Gasteiger partial charge in [-0.15, -0.1) is 11.8 Å². The summed E-state index contributed by atoms with van der Waals surface area (Å²) in [6.07, 6.45) is 0. The van der Waals surface area contributed by atoms with Crippen LogP contribution in [-0.4, -0.2) is 24.7 Å². The van der Waals surface area contributed by atoms with Crippen molar-refractivity contribution in [3.63, 3.8) is 0 Å². The summed E-state index contributed by atoms with van der Waals surface area (Å²) in [7, 11) is 1.30. The van der Waals surface area contributed by atoms with Crippen LogP contribution in [0, 0.1) is 11.3 Å². The van der Waals surface area contributed by atoms with E-state index in [1.165, 1.54) is 18.9 Å². The lowest BCUT2D eigenvalue weighted by Gasteiger charge is -2.09. The van der Waals surface area contributed by atoms with Crippen molar-refractivity contribution < 1.29 is 14.3 Å². The minimum absolute atomic E-state index is 0.266. The Morgan fingerprint density at radius 2 is 2.00 bits per heavy atom. The van der Waals surface area contributed by atoms with E-state index >= 15 is 0 Å². The summed E-state index contributed by atoms with van der Waals surface area (Å²) >= 11 is 1.30. The Balaban J connectivity index is 2.20. The molecule has 1 amide bonds. The molecular formula is C17H14N2O3S. The quantitative estimate of drug-likeness (QED) is 0.673. The summed E-state index contributed by atoms with van der Waals surface area (Å²) in [5.41, 5.74) is 1.34. The van der Waals surface area contributed by atoms with Gasteiger partial charge in [0.15, 0.2) is 0 Å². The third-order valence-electron chi connectivity index (χ3n) is 2.97. The molecule has 0 atom stereocenters. The third kappa shape index (κ3) is 4.34. The van der Waals surface area contributed by atoms with Crippen LogP contribution in [0.1, 0.15) is 20.7 Å². The zero-order valence-corrected chi connectivity index (χ0v) is 13.2. The number of benzene rings is 2. The number of nitrogens with one attached hydrogen (secondary N) is 1. The summed E-state index contributed by atoms with van der Waals surface area (Å²) in [6.45, 7) is 0. The van der Waals surface area contributed by atoms with Gasteiger partial charge >= 0.3 is 5.97 Å². The molecule has 0 bridgehead atoms. The average molecular weight is 326 g/mol. The fourth-order valence-electron chi connectivity index (χ4n) is 1.93. The number of nitriles is 1. The molecule has 0 spiro atoms. The van der Waals surface area contributed by atoms with Gasteiger partial charge in [-0.25, -0.2) is 4.79 Å². The van der Waals surface area contributed by atoms with Crippen molar-refractivity contribution in [2.24, 2.45) is 0 Å². The Morgan fingerprint density at radius 3 is 2.74 bits per heavy atom. The molecule has 0 radical (unpaired) electrons. The minimum atomic E-state index is -0.467. The highest BCUT2D eigenvalue weighted by atomic mass is 32.2. The zero-order chi connectivity index (χ0) is 16.7. The number of methoxy groups -OCH3 is 1. The van der Waals surface area contributed by atoms with Crippen LogP contribution in [0.2, 0.25) is 0 Å². The van der Waals surface area contributed by atoms with E-state index in [4.69, 9.17) is 5.26 Å². The molecule has 0 fully saturated rings. The van der Waals surface area contributed by atoms with Gasteiger partial charge in [-0.2, -0.15) is 5.26 Å². The fourth-order valence-corrected chi connectivity index (χ4v) is 2.64. The minimum Gasteiger partial charge on any atom is -0.465 e. The van der Waals surface area contributed by atoms with E-state index in [-0.39, 0.29) is 11.7 Å². The zero-order valence-electron chi connectivity index (χ0n) is 12.4. The van der Waals surface area contributed by atoms with Crippen LogP contribution in [-0.2, 0) is 4.74 Å². The summed E-state index contributed by atoms with van der Waals surface area (Å²) in [6, 6.07) is 15.6. The Labute approximate surface area is 138 Å². The molecular weight excluding hydrogens is 312 g/mol. The maximum Gasteiger partial charge on any atom is 0.337 e. The molecule has 0 saturated heterocycles. The number of nitrogens with zero attached hydrogens (tertiary/aromatic N) is 1. The fraction of sp³-hybridized carbons (Fsp3) is 0.118. The summed E-state index contributed by atoms with van der Waals surface area (Å²) in [5.74, 6) is -0.499. The Morgan fingerprint density at radius 1 is 1.22 bits per heavy atom. The van der Waals surface area contributed by atoms with Crippen LogP contribution < -0.4 is 5.32 Å². The van der Waals surface area contributed by atoms with E-state index in [0.717, 1.165) is 4.90 Å². The summed E-state index contributed by atoms with van der Waals surface area (Å²) < 4.78 is 4.66. The first-order valence-corrected chi connectivity index (χ1v) is 7.72. The Hall–Kier alpha value is -2.78. The normalized spacial score (nSPS) is 9.74. The molecule has 0 saturated carbocycles. The van der Waals surface area contributed by atoms with Crippen molar-refractivity contribution in [1.29, 1.82) is 5.26 Å². The van der Waals surface area contributed by atoms with Gasteiger partial charge in [0.05, 0.1) is 30.1 Å². The molecule has 2 aromatic rings. The van der Waals surface area contributed by atoms with E-state index in [1.807, 2.05) is 12.1 Å². The predicted molar refractivity (Wildman–Crippen MR) is 88.5 cm³/mol. The van der Waals surface area contributed by atoms with Crippen molar-refractivity contribution in [2.45, 2.75) is 4.90 Å². The van der Waals surface area contributed by atoms with Crippen LogP contribution >= 0.6 is 11.8 Å². The van der Waals surface area contributed by atoms with E-state index in [2.05, 4.69) is 10.1 Å². The standard InChI is InChI=1S/C17H14N2O3S/c1-22-17(21)12-5-4-6-13(11-12)19-16(20)14-7-2-3-8-15(14)23-10-9-18/h2-8,11H,10H2,1H3,(H,19,20). The molecule has 0 aliphatic heterocycles. The monoisotopic (exact) mass is 326 g/mol. The highest BCUT2D eigenvalue weighted by molar-refractivity contribution is 7.99. The molecule has 0 heterocycles. The second kappa shape index (κ2) is 8.01. The van der Waals surface area contributed by atoms with E-state index < -0.39 is 5.97 Å². The topological polar surface area (TPSA) is 79.2 Å². The molecule has 0 unspecified atom stereocenters. The lowest BCUT2D eigenvalue weighted by Crippen LogP contribution is -2.13. The number of thioether (sulfide) groups is 1. The van der Waals surface area contributed by atoms with Crippen molar-refractivity contribution in [1.82, 2.24) is 0 Å². The van der Waals surface area contributed by atoms with E-state index in [0.29, 0.717) is 16.8 Å². The number of anilines is 1. The highest BCUT2D eigenvalue weighted by Gasteiger charge is 2.13. The number of hydrogen-bond acceptors (Lipinski definition) is 5. The molecule has 116 valence electrons. The predicted octanol–water partition coefficient (Wildman–Crippen LogP) is 3.34. The second-order valence-corrected chi connectivity index (χ2v) is 5.49. The molecule has 5 nitrogen and oxygen atoms in total. The molecule has 23 heavy (non-hydrogen) atoms. The number of carbonyl (C=O) groups is 2. The number of carbonyl (C=O) groups excluding carboxylic acids is 2. The van der Waals surface area contributed by atoms with Crippen molar-refractivity contribution in [3.8, 4) is 6.07 Å². The second-order valence-electron chi connectivity index (χ2n) is 4.47. The Kier molecular flexibility index (Phi) is 5.78. The number of amides is 1. The van der Waals surface area contributed by atoms with Gasteiger partial charge in [-0.1, -0.05) is 18.2 Å². The maximum atomic E-state index is 12.4. The summed E-state index contributed by atoms with van der Waals surface area (Å²) in [5, 5.41) is 11.4. The number of hydrogen-bond donors (Lipinski definition) is 1. The average Bonchev–Trinajstić information content (AvgIpc) is 2.59. The SMILES string of the molecule is COC(=O)c1cccc(NC(=O)c2ccccc2SCC#N)c1. The van der Waals surface area contributed by atoms with Gasteiger partial charge in [-0.3, -0.25) is 4.79 Å². The maximum absolute atomic E-state index is 12.4. The smallest absolute Gasteiger partial charge is 0.337 e. The van der Waals surface area contributed by atoms with Crippen LogP contribution in [0.5, 0.6) is 0 Å². The van der Waals surface area contributed by atoms with Crippen LogP contribution in [0.4, 0.5) is 5.69 Å². The molecule has 0 aromatic heterocycles. The van der Waals surface area contributed by atoms with E-state index in [1.54, 1.807) is 42.5 Å². The summed E-state index contributed by atoms with van der Waals surface area (Å²) in [4.78, 5) is 24.7. The van der Waals surface area contributed by atoms with Crippen LogP contribution in [0.15, 0.2) is 53.4 Å². The lowest BCUT2D eigenvalue weighted by atomic mass is 10.1. The van der Waals surface area contributed by atoms with Gasteiger partial charge in [0.25, 0.3) is 5.91 Å². The lowest BCUT2D eigenvalue weighted by molar-refractivity contribution is 0.0600. The first kappa shape index (κ1) is 16.6. The third-order valence-corrected chi connectivity index (χ3v) is 3.91. The molecule has 2 rings (SSSR count). The van der Waals surface area contributed by atoms with Gasteiger partial charge < -0.3 is 10.1 Å². The van der Waals surface area contributed by atoms with E-state index in [9.17, 15) is 9.59 Å². The molecule has 0 aliphatic carbocycles. The van der Waals surface area contributed by atoms with Crippen molar-refractivity contribution >= 4 is 29.3 Å². The van der Waals surface area contributed by atoms with Gasteiger partial charge in [0.1, 0.15) is 0 Å². The van der Waals surface area contributed by atoms with Crippen molar-refractivity contribution in [2.75, 3.05) is 18.2 Å². The highest BCUT2D eigenvalue weighted by Crippen LogP contribution is 2.23. The van der Waals surface area contributed by atoms with Crippen LogP contribution in [0.3, 0.4) is 0 Å². The first-order valence-electron chi connectivity index (χ1n) is 6.74. The van der Waals surface area contributed by atoms with Gasteiger partial charge in [0, 0.05) is 10.6 Å². The largest absolute Gasteiger partial charge is 0.465 e. The number of ether oxygens (including phenoxy) is 1. The van der Waals surface area contributed by atoms with Crippen molar-refractivity contribution in [3.05, 3.63) is 59.7 Å².